The van der Waals surface area contributed by atoms with Crippen LogP contribution in [0.3, 0.4) is 0 Å². The highest BCUT2D eigenvalue weighted by atomic mass is 32.2. The van der Waals surface area contributed by atoms with Crippen molar-refractivity contribution in [3.63, 3.8) is 0 Å². The molecule has 1 atom stereocenters. The van der Waals surface area contributed by atoms with Gasteiger partial charge in [0.1, 0.15) is 5.82 Å². The molecule has 0 aliphatic carbocycles. The molecular weight excluding hydrogens is 298 g/mol. The fourth-order valence-corrected chi connectivity index (χ4v) is 4.01. The van der Waals surface area contributed by atoms with Gasteiger partial charge in [0, 0.05) is 22.2 Å². The highest BCUT2D eigenvalue weighted by molar-refractivity contribution is 8.03. The van der Waals surface area contributed by atoms with E-state index in [0.717, 1.165) is 16.4 Å². The summed E-state index contributed by atoms with van der Waals surface area (Å²) in [5, 5.41) is 1.29. The van der Waals surface area contributed by atoms with Crippen LogP contribution in [0.4, 0.5) is 0 Å². The highest BCUT2D eigenvalue weighted by Crippen LogP contribution is 2.36. The zero-order valence-corrected chi connectivity index (χ0v) is 13.0. The first-order valence-corrected chi connectivity index (χ1v) is 8.34. The Kier molecular flexibility index (Phi) is 4.62. The van der Waals surface area contributed by atoms with E-state index in [1.807, 2.05) is 48.8 Å². The van der Waals surface area contributed by atoms with Gasteiger partial charge in [0.2, 0.25) is 0 Å². The third-order valence-corrected chi connectivity index (χ3v) is 5.15. The topological polar surface area (TPSA) is 51.3 Å². The minimum absolute atomic E-state index is 0.276. The van der Waals surface area contributed by atoms with Crippen LogP contribution in [0.2, 0.25) is 0 Å². The predicted molar refractivity (Wildman–Crippen MR) is 90.5 cm³/mol. The Bertz CT molecular complexity index is 654. The molecule has 5 heteroatoms. The molecule has 1 aromatic carbocycles. The molecule has 2 heterocycles. The number of aliphatic imine (C=N–C) groups is 1. The number of nitrogens with two attached hydrogens (primary N) is 1. The van der Waals surface area contributed by atoms with Crippen LogP contribution >= 0.6 is 23.5 Å². The average molecular weight is 313 g/mol. The molecule has 3 nitrogen and oxygen atoms in total. The molecule has 1 aliphatic heterocycles. The smallest absolute Gasteiger partial charge is 0.132 e. The second kappa shape index (κ2) is 6.83. The number of benzene rings is 1. The van der Waals surface area contributed by atoms with Crippen molar-refractivity contribution in [3.8, 4) is 0 Å². The molecule has 0 spiro atoms. The lowest BCUT2D eigenvalue weighted by atomic mass is 10.2. The molecule has 21 heavy (non-hydrogen) atoms. The standard InChI is InChI=1S/C16H15N3S2/c17-16-14(20-12-6-2-1-3-7-12)10-13(11-19-16)21-15-8-4-5-9-18-15/h1-9,11,13H,10,17H2. The molecule has 2 aromatic rings. The van der Waals surface area contributed by atoms with E-state index in [-0.39, 0.29) is 5.25 Å². The van der Waals surface area contributed by atoms with Gasteiger partial charge in [0.05, 0.1) is 10.3 Å². The SMILES string of the molecule is NC1=C(Sc2ccccc2)CC(Sc2ccccn2)C=N1. The minimum atomic E-state index is 0.276. The Hall–Kier alpha value is -1.72. The first kappa shape index (κ1) is 14.2. The molecule has 0 amide bonds. The van der Waals surface area contributed by atoms with Gasteiger partial charge in [0.15, 0.2) is 0 Å². The van der Waals surface area contributed by atoms with E-state index in [4.69, 9.17) is 5.73 Å². The molecule has 0 fully saturated rings. The Morgan fingerprint density at radius 3 is 2.62 bits per heavy atom. The maximum Gasteiger partial charge on any atom is 0.132 e. The molecule has 2 N–H and O–H groups in total. The molecule has 0 saturated carbocycles. The van der Waals surface area contributed by atoms with Crippen molar-refractivity contribution >= 4 is 29.7 Å². The summed E-state index contributed by atoms with van der Waals surface area (Å²) in [4.78, 5) is 11.0. The summed E-state index contributed by atoms with van der Waals surface area (Å²) in [5.41, 5.74) is 6.02. The summed E-state index contributed by atoms with van der Waals surface area (Å²) in [6.45, 7) is 0. The van der Waals surface area contributed by atoms with Crippen LogP contribution in [0.1, 0.15) is 6.42 Å². The third-order valence-electron chi connectivity index (χ3n) is 2.95. The van der Waals surface area contributed by atoms with E-state index < -0.39 is 0 Å². The number of allylic oxidation sites excluding steroid dienone is 1. The van der Waals surface area contributed by atoms with Crippen molar-refractivity contribution < 1.29 is 0 Å². The van der Waals surface area contributed by atoms with Crippen LogP contribution in [0.15, 0.2) is 80.4 Å². The molecule has 1 aromatic heterocycles. The lowest BCUT2D eigenvalue weighted by molar-refractivity contribution is 1.01. The van der Waals surface area contributed by atoms with Gasteiger partial charge in [-0.25, -0.2) is 9.98 Å². The molecule has 0 radical (unpaired) electrons. The molecule has 0 bridgehead atoms. The molecule has 106 valence electrons. The van der Waals surface area contributed by atoms with Gasteiger partial charge in [-0.3, -0.25) is 0 Å². The number of rotatable bonds is 4. The number of hydrogen-bond acceptors (Lipinski definition) is 5. The summed E-state index contributed by atoms with van der Waals surface area (Å²) in [6.07, 6.45) is 4.62. The predicted octanol–water partition coefficient (Wildman–Crippen LogP) is 3.94. The lowest BCUT2D eigenvalue weighted by Gasteiger charge is -2.18. The summed E-state index contributed by atoms with van der Waals surface area (Å²) < 4.78 is 0. The zero-order chi connectivity index (χ0) is 14.5. The van der Waals surface area contributed by atoms with Gasteiger partial charge in [-0.05, 0) is 30.7 Å². The maximum atomic E-state index is 6.02. The Morgan fingerprint density at radius 2 is 1.86 bits per heavy atom. The molecule has 1 aliphatic rings. The second-order valence-corrected chi connectivity index (χ2v) is 6.96. The monoisotopic (exact) mass is 313 g/mol. The molecule has 0 saturated heterocycles. The number of pyridine rings is 1. The van der Waals surface area contributed by atoms with E-state index >= 15 is 0 Å². The Labute approximate surface area is 132 Å². The van der Waals surface area contributed by atoms with Crippen LogP contribution < -0.4 is 5.73 Å². The fourth-order valence-electron chi connectivity index (χ4n) is 1.94. The van der Waals surface area contributed by atoms with E-state index in [9.17, 15) is 0 Å². The van der Waals surface area contributed by atoms with Crippen LogP contribution in [0, 0.1) is 0 Å². The van der Waals surface area contributed by atoms with Gasteiger partial charge in [-0.2, -0.15) is 0 Å². The van der Waals surface area contributed by atoms with Gasteiger partial charge >= 0.3 is 0 Å². The van der Waals surface area contributed by atoms with Gasteiger partial charge in [-0.1, -0.05) is 47.8 Å². The van der Waals surface area contributed by atoms with E-state index in [2.05, 4.69) is 22.1 Å². The normalized spacial score (nSPS) is 18.0. The lowest BCUT2D eigenvalue weighted by Crippen LogP contribution is -2.14. The minimum Gasteiger partial charge on any atom is -0.383 e. The maximum absolute atomic E-state index is 6.02. The molecule has 3 rings (SSSR count). The molecular formula is C16H15N3S2. The first-order chi connectivity index (χ1) is 10.3. The Balaban J connectivity index is 1.69. The fraction of sp³-hybridized carbons (Fsp3) is 0.125. The van der Waals surface area contributed by atoms with Crippen LogP contribution in [0.25, 0.3) is 0 Å². The number of nitrogens with zero attached hydrogens (tertiary/aromatic N) is 2. The van der Waals surface area contributed by atoms with Crippen molar-refractivity contribution in [2.75, 3.05) is 0 Å². The van der Waals surface area contributed by atoms with Crippen molar-refractivity contribution in [1.29, 1.82) is 0 Å². The largest absolute Gasteiger partial charge is 0.383 e. The van der Waals surface area contributed by atoms with Crippen LogP contribution in [-0.2, 0) is 0 Å². The van der Waals surface area contributed by atoms with Gasteiger partial charge in [-0.15, -0.1) is 0 Å². The average Bonchev–Trinajstić information content (AvgIpc) is 2.53. The van der Waals surface area contributed by atoms with Crippen LogP contribution in [-0.4, -0.2) is 16.4 Å². The van der Waals surface area contributed by atoms with Crippen molar-refractivity contribution in [2.24, 2.45) is 10.7 Å². The van der Waals surface area contributed by atoms with Crippen molar-refractivity contribution in [1.82, 2.24) is 4.98 Å². The van der Waals surface area contributed by atoms with E-state index in [1.165, 1.54) is 4.90 Å². The van der Waals surface area contributed by atoms with Gasteiger partial charge in [0.25, 0.3) is 0 Å². The zero-order valence-electron chi connectivity index (χ0n) is 11.3. The molecule has 1 unspecified atom stereocenters. The quantitative estimate of drug-likeness (QED) is 0.929. The van der Waals surface area contributed by atoms with Gasteiger partial charge < -0.3 is 5.73 Å². The number of aromatic nitrogens is 1. The summed E-state index contributed by atoms with van der Waals surface area (Å²) in [6, 6.07) is 16.2. The summed E-state index contributed by atoms with van der Waals surface area (Å²) in [5.74, 6) is 0.627. The third kappa shape index (κ3) is 3.89. The van der Waals surface area contributed by atoms with Crippen LogP contribution in [0.5, 0.6) is 0 Å². The van der Waals surface area contributed by atoms with E-state index in [0.29, 0.717) is 5.82 Å². The van der Waals surface area contributed by atoms with Crippen molar-refractivity contribution in [2.45, 2.75) is 21.6 Å². The Morgan fingerprint density at radius 1 is 1.05 bits per heavy atom. The highest BCUT2D eigenvalue weighted by Gasteiger charge is 2.18. The number of thioether (sulfide) groups is 2. The number of hydrogen-bond donors (Lipinski definition) is 1. The second-order valence-electron chi connectivity index (χ2n) is 4.53. The summed E-state index contributed by atoms with van der Waals surface area (Å²) >= 11 is 3.41. The van der Waals surface area contributed by atoms with E-state index in [1.54, 1.807) is 23.5 Å². The summed E-state index contributed by atoms with van der Waals surface area (Å²) in [7, 11) is 0. The van der Waals surface area contributed by atoms with Crippen molar-refractivity contribution in [3.05, 3.63) is 65.5 Å². The first-order valence-electron chi connectivity index (χ1n) is 6.64.